The third-order valence-corrected chi connectivity index (χ3v) is 14.4. The zero-order chi connectivity index (χ0) is 46.1. The van der Waals surface area contributed by atoms with Crippen LogP contribution in [0, 0.1) is 32.1 Å². The summed E-state index contributed by atoms with van der Waals surface area (Å²) < 4.78 is 10.4. The Labute approximate surface area is 390 Å². The number of amides is 3. The highest BCUT2D eigenvalue weighted by atomic mass is 35.5. The third kappa shape index (κ3) is 15.0. The predicted molar refractivity (Wildman–Crippen MR) is 253 cm³/mol. The number of nitrogens with one attached hydrogen (secondary N) is 1. The van der Waals surface area contributed by atoms with E-state index in [1.54, 1.807) is 29.2 Å². The molecule has 0 radical (unpaired) electrons. The van der Waals surface area contributed by atoms with Crippen LogP contribution < -0.4 is 5.32 Å². The van der Waals surface area contributed by atoms with Crippen molar-refractivity contribution in [2.24, 2.45) is 11.8 Å². The lowest BCUT2D eigenvalue weighted by Crippen LogP contribution is -2.51. The molecule has 3 amide bonds. The van der Waals surface area contributed by atoms with E-state index in [1.165, 1.54) is 48.9 Å². The molecular weight excluding hydrogens is 852 g/mol. The maximum absolute atomic E-state index is 12.8. The number of non-ortho nitro benzene ring substituents is 2. The molecule has 0 spiro atoms. The predicted octanol–water partition coefficient (Wildman–Crippen LogP) is 7.17. The molecule has 4 saturated heterocycles. The second-order valence-electron chi connectivity index (χ2n) is 18.6. The molecule has 0 bridgehead atoms. The highest BCUT2D eigenvalue weighted by molar-refractivity contribution is 6.62. The summed E-state index contributed by atoms with van der Waals surface area (Å²) in [6, 6.07) is 11.9. The number of nitro groups is 2. The molecule has 1 N–H and O–H groups in total. The van der Waals surface area contributed by atoms with Crippen LogP contribution in [0.1, 0.15) is 87.5 Å². The number of rotatable bonds is 12. The molecule has 2 aliphatic carbocycles. The molecule has 2 aromatic carbocycles. The van der Waals surface area contributed by atoms with Crippen molar-refractivity contribution >= 4 is 34.4 Å². The number of morpholine rings is 2. The van der Waals surface area contributed by atoms with E-state index < -0.39 is 0 Å². The minimum Gasteiger partial charge on any atom is -0.378 e. The van der Waals surface area contributed by atoms with Crippen LogP contribution in [0.4, 0.5) is 21.0 Å². The van der Waals surface area contributed by atoms with Crippen LogP contribution in [0.3, 0.4) is 0 Å². The number of fused-ring (bicyclic) bond motifs is 2. The minimum absolute atomic E-state index is 0.169. The van der Waals surface area contributed by atoms with Gasteiger partial charge in [-0.1, -0.05) is 26.0 Å². The normalized spacial score (nSPS) is 21.6. The fourth-order valence-electron chi connectivity index (χ4n) is 10.4. The quantitative estimate of drug-likeness (QED) is 0.0993. The third-order valence-electron chi connectivity index (χ3n) is 14.1. The number of carbonyl (C=O) groups excluding carboxylic acids is 2. The molecule has 4 fully saturated rings. The van der Waals surface area contributed by atoms with Gasteiger partial charge in [0.05, 0.1) is 36.3 Å². The summed E-state index contributed by atoms with van der Waals surface area (Å²) in [5.74, 6) is 1.39. The molecular formula is C48H73ClN8O8. The fourth-order valence-corrected chi connectivity index (χ4v) is 10.6. The average Bonchev–Trinajstić information content (AvgIpc) is 3.34. The minimum atomic E-state index is -0.377. The van der Waals surface area contributed by atoms with E-state index in [1.807, 2.05) is 21.9 Å². The number of urea groups is 1. The molecule has 0 aromatic heterocycles. The summed E-state index contributed by atoms with van der Waals surface area (Å²) in [5.41, 5.74) is 5.32. The summed E-state index contributed by atoms with van der Waals surface area (Å²) in [5, 5.41) is 25.3. The second-order valence-corrected chi connectivity index (χ2v) is 18.9. The Bertz CT molecular complexity index is 1850. The lowest BCUT2D eigenvalue weighted by Gasteiger charge is -2.41. The first-order valence-electron chi connectivity index (χ1n) is 24.4. The number of nitro benzene ring substituents is 2. The number of likely N-dealkylation sites (tertiary alicyclic amines) is 1. The van der Waals surface area contributed by atoms with Gasteiger partial charge in [0.25, 0.3) is 11.4 Å². The Morgan fingerprint density at radius 1 is 0.646 bits per heavy atom. The highest BCUT2D eigenvalue weighted by Crippen LogP contribution is 2.31. The van der Waals surface area contributed by atoms with Crippen molar-refractivity contribution in [2.75, 3.05) is 105 Å². The van der Waals surface area contributed by atoms with Crippen LogP contribution in [0.25, 0.3) is 0 Å². The van der Waals surface area contributed by atoms with Gasteiger partial charge < -0.3 is 29.5 Å². The van der Waals surface area contributed by atoms with Crippen LogP contribution in [0.15, 0.2) is 36.4 Å². The number of piperidine rings is 2. The number of hydrogen-bond acceptors (Lipinski definition) is 11. The van der Waals surface area contributed by atoms with E-state index in [-0.39, 0.29) is 32.6 Å². The van der Waals surface area contributed by atoms with Gasteiger partial charge in [0.15, 0.2) is 0 Å². The van der Waals surface area contributed by atoms with Crippen molar-refractivity contribution in [3.8, 4) is 0 Å². The molecule has 4 heterocycles. The molecule has 2 aromatic rings. The molecule has 360 valence electrons. The molecule has 17 heteroatoms. The molecule has 2 unspecified atom stereocenters. The maximum atomic E-state index is 12.8. The Balaban J connectivity index is 0.000000186. The van der Waals surface area contributed by atoms with Crippen molar-refractivity contribution in [3.63, 3.8) is 0 Å². The SMILES string of the molecule is CCCN(CC1CCN(C(=O)N2CCOCC2)CC1)C1CCc2ccc([N+](=O)[O-])cc2C1.CCCN(CC1CCNCC1)C1CCc2ccc([N+](=O)[O-])cc2C1.O=C(Cl)N1CCOCC1. The van der Waals surface area contributed by atoms with E-state index in [2.05, 4.69) is 29.0 Å². The van der Waals surface area contributed by atoms with Crippen molar-refractivity contribution in [2.45, 2.75) is 103 Å². The maximum Gasteiger partial charge on any atom is 0.320 e. The van der Waals surface area contributed by atoms with Gasteiger partial charge in [-0.25, -0.2) is 4.79 Å². The molecule has 6 aliphatic rings. The number of aryl methyl sites for hydroxylation is 2. The van der Waals surface area contributed by atoms with Gasteiger partial charge >= 0.3 is 11.4 Å². The van der Waals surface area contributed by atoms with E-state index in [0.29, 0.717) is 70.6 Å². The number of halogens is 1. The van der Waals surface area contributed by atoms with Crippen molar-refractivity contribution in [3.05, 3.63) is 78.9 Å². The zero-order valence-electron chi connectivity index (χ0n) is 38.8. The highest BCUT2D eigenvalue weighted by Gasteiger charge is 2.32. The molecule has 65 heavy (non-hydrogen) atoms. The Morgan fingerprint density at radius 3 is 1.49 bits per heavy atom. The van der Waals surface area contributed by atoms with E-state index in [0.717, 1.165) is 109 Å². The summed E-state index contributed by atoms with van der Waals surface area (Å²) in [6.45, 7) is 18.0. The van der Waals surface area contributed by atoms with E-state index in [9.17, 15) is 29.8 Å². The molecule has 0 saturated carbocycles. The summed E-state index contributed by atoms with van der Waals surface area (Å²) in [7, 11) is 0. The van der Waals surface area contributed by atoms with Gasteiger partial charge in [-0.15, -0.1) is 0 Å². The smallest absolute Gasteiger partial charge is 0.320 e. The number of benzene rings is 2. The number of hydrogen-bond donors (Lipinski definition) is 1. The van der Waals surface area contributed by atoms with Gasteiger partial charge in [-0.2, -0.15) is 0 Å². The second kappa shape index (κ2) is 25.8. The van der Waals surface area contributed by atoms with Gasteiger partial charge in [-0.3, -0.25) is 34.8 Å². The Morgan fingerprint density at radius 2 is 1.08 bits per heavy atom. The number of ether oxygens (including phenoxy) is 2. The standard InChI is InChI=1S/C24H36N4O4.C19H29N3O2.C5H8ClNO2/c1-2-9-27(22-5-3-20-4-6-23(28(30)31)17-21(20)16-22)18-19-7-10-25(11-8-19)24(29)26-12-14-32-15-13-26;1-2-11-21(14-15-7-9-20-10-8-15)18-5-3-16-4-6-19(22(23)24)13-17(16)12-18;6-5(8)7-1-3-9-4-2-7/h4,6,17,19,22H,2-3,5,7-16,18H2,1H3;4,6,13,15,18,20H,2-3,5,7-12,14H2,1H3;1-4H2. The summed E-state index contributed by atoms with van der Waals surface area (Å²) in [6.07, 6.45) is 13.1. The zero-order valence-corrected chi connectivity index (χ0v) is 39.6. The number of nitrogens with zero attached hydrogens (tertiary/aromatic N) is 7. The molecule has 16 nitrogen and oxygen atoms in total. The molecule has 4 aliphatic heterocycles. The fraction of sp³-hybridized carbons (Fsp3) is 0.708. The van der Waals surface area contributed by atoms with Gasteiger partial charge in [-0.05, 0) is 149 Å². The Hall–Kier alpha value is -3.93. The first-order chi connectivity index (χ1) is 31.5. The average molecular weight is 926 g/mol. The first kappa shape index (κ1) is 50.5. The molecule has 2 atom stereocenters. The lowest BCUT2D eigenvalue weighted by atomic mass is 9.86. The van der Waals surface area contributed by atoms with Gasteiger partial charge in [0.2, 0.25) is 0 Å². The number of carbonyl (C=O) groups is 2. The van der Waals surface area contributed by atoms with E-state index >= 15 is 0 Å². The van der Waals surface area contributed by atoms with Gasteiger partial charge in [0, 0.05) is 88.7 Å². The van der Waals surface area contributed by atoms with E-state index in [4.69, 9.17) is 21.1 Å². The topological polar surface area (TPSA) is 167 Å². The van der Waals surface area contributed by atoms with Crippen LogP contribution >= 0.6 is 11.6 Å². The summed E-state index contributed by atoms with van der Waals surface area (Å²) >= 11 is 5.19. The lowest BCUT2D eigenvalue weighted by molar-refractivity contribution is -0.385. The van der Waals surface area contributed by atoms with Crippen molar-refractivity contribution in [1.29, 1.82) is 0 Å². The van der Waals surface area contributed by atoms with Gasteiger partial charge in [0.1, 0.15) is 0 Å². The Kier molecular flexibility index (Phi) is 20.1. The van der Waals surface area contributed by atoms with Crippen LogP contribution in [0.2, 0.25) is 0 Å². The van der Waals surface area contributed by atoms with Crippen LogP contribution in [-0.4, -0.2) is 163 Å². The van der Waals surface area contributed by atoms with Crippen molar-refractivity contribution in [1.82, 2.24) is 29.8 Å². The largest absolute Gasteiger partial charge is 0.378 e. The van der Waals surface area contributed by atoms with Crippen molar-refractivity contribution < 1.29 is 28.9 Å². The monoisotopic (exact) mass is 925 g/mol. The first-order valence-corrected chi connectivity index (χ1v) is 24.8. The summed E-state index contributed by atoms with van der Waals surface area (Å²) in [4.78, 5) is 55.7. The van der Waals surface area contributed by atoms with Crippen LogP contribution in [-0.2, 0) is 35.2 Å². The van der Waals surface area contributed by atoms with Crippen LogP contribution in [0.5, 0.6) is 0 Å². The molecule has 8 rings (SSSR count).